The van der Waals surface area contributed by atoms with E-state index >= 15 is 0 Å². The van der Waals surface area contributed by atoms with Gasteiger partial charge in [0.2, 0.25) is 5.88 Å². The number of aromatic hydroxyl groups is 1. The minimum atomic E-state index is -0.560. The van der Waals surface area contributed by atoms with Gasteiger partial charge in [0.05, 0.1) is 18.9 Å². The van der Waals surface area contributed by atoms with Gasteiger partial charge in [-0.3, -0.25) is 9.78 Å². The molecule has 1 aromatic heterocycles. The van der Waals surface area contributed by atoms with Crippen molar-refractivity contribution in [3.63, 3.8) is 0 Å². The van der Waals surface area contributed by atoms with Gasteiger partial charge >= 0.3 is 5.97 Å². The molecule has 0 aliphatic carbocycles. The number of aromatic nitrogens is 2. The van der Waals surface area contributed by atoms with Crippen molar-refractivity contribution < 1.29 is 28.9 Å². The summed E-state index contributed by atoms with van der Waals surface area (Å²) in [6.45, 7) is 5.92. The van der Waals surface area contributed by atoms with Crippen LogP contribution in [0.5, 0.6) is 17.4 Å². The number of esters is 1. The van der Waals surface area contributed by atoms with Crippen molar-refractivity contribution in [1.29, 1.82) is 0 Å². The van der Waals surface area contributed by atoms with E-state index in [4.69, 9.17) is 4.74 Å². The molecule has 0 saturated carbocycles. The summed E-state index contributed by atoms with van der Waals surface area (Å²) < 4.78 is 14.5. The summed E-state index contributed by atoms with van der Waals surface area (Å²) in [5, 5.41) is 9.49. The number of ether oxygens (including phenoxy) is 3. The van der Waals surface area contributed by atoms with E-state index in [2.05, 4.69) is 19.4 Å². The summed E-state index contributed by atoms with van der Waals surface area (Å²) in [6, 6.07) is 4.09. The Morgan fingerprint density at radius 1 is 1.20 bits per heavy atom. The van der Waals surface area contributed by atoms with Gasteiger partial charge in [0.1, 0.15) is 17.1 Å². The summed E-state index contributed by atoms with van der Waals surface area (Å²) in [6.07, 6.45) is 4.40. The topological polar surface area (TPSA) is 108 Å². The zero-order chi connectivity index (χ0) is 18.9. The second-order valence-electron chi connectivity index (χ2n) is 5.68. The number of phenols is 1. The predicted octanol–water partition coefficient (Wildman–Crippen LogP) is 2.72. The Morgan fingerprint density at radius 3 is 2.40 bits per heavy atom. The Balaban J connectivity index is 0.000000381. The van der Waals surface area contributed by atoms with Crippen LogP contribution >= 0.6 is 0 Å². The molecule has 1 aromatic carbocycles. The van der Waals surface area contributed by atoms with Crippen LogP contribution in [0.3, 0.4) is 0 Å². The van der Waals surface area contributed by atoms with E-state index in [0.29, 0.717) is 6.47 Å². The average molecular weight is 348 g/mol. The molecule has 8 nitrogen and oxygen atoms in total. The maximum absolute atomic E-state index is 11.4. The second-order valence-corrected chi connectivity index (χ2v) is 5.68. The summed E-state index contributed by atoms with van der Waals surface area (Å²) in [7, 11) is 1.26. The van der Waals surface area contributed by atoms with E-state index in [1.165, 1.54) is 43.9 Å². The van der Waals surface area contributed by atoms with Crippen molar-refractivity contribution in [3.8, 4) is 17.4 Å². The van der Waals surface area contributed by atoms with Gasteiger partial charge in [0.25, 0.3) is 6.47 Å². The van der Waals surface area contributed by atoms with Gasteiger partial charge in [-0.15, -0.1) is 0 Å². The van der Waals surface area contributed by atoms with Crippen LogP contribution < -0.4 is 4.74 Å². The van der Waals surface area contributed by atoms with Gasteiger partial charge in [-0.25, -0.2) is 9.78 Å². The molecule has 0 saturated heterocycles. The third-order valence-corrected chi connectivity index (χ3v) is 2.48. The minimum absolute atomic E-state index is 0.100. The standard InChI is InChI=1S/C12H10N2O4.C5H10O2/c1-17-12(16)8-4-9(15)6-10(5-8)18-11-7-13-2-3-14-11;1-5(2,3)7-4-6/h2-7,15H,1H3;4H,1-3H3. The molecule has 0 radical (unpaired) electrons. The van der Waals surface area contributed by atoms with Crippen LogP contribution in [0.25, 0.3) is 0 Å². The Kier molecular flexibility index (Phi) is 7.33. The first-order valence-corrected chi connectivity index (χ1v) is 7.23. The number of hydrogen-bond donors (Lipinski definition) is 1. The highest BCUT2D eigenvalue weighted by Crippen LogP contribution is 2.25. The van der Waals surface area contributed by atoms with Crippen molar-refractivity contribution >= 4 is 12.4 Å². The largest absolute Gasteiger partial charge is 0.508 e. The van der Waals surface area contributed by atoms with E-state index in [1.807, 2.05) is 20.8 Å². The summed E-state index contributed by atoms with van der Waals surface area (Å²) in [5.41, 5.74) is -0.127. The highest BCUT2D eigenvalue weighted by atomic mass is 16.5. The van der Waals surface area contributed by atoms with E-state index in [0.717, 1.165) is 0 Å². The Labute approximate surface area is 145 Å². The lowest BCUT2D eigenvalue weighted by atomic mass is 10.2. The first-order valence-electron chi connectivity index (χ1n) is 7.23. The van der Waals surface area contributed by atoms with Crippen LogP contribution in [0.2, 0.25) is 0 Å². The van der Waals surface area contributed by atoms with Crippen molar-refractivity contribution in [2.45, 2.75) is 26.4 Å². The number of carbonyl (C=O) groups is 2. The van der Waals surface area contributed by atoms with Crippen LogP contribution in [-0.2, 0) is 14.3 Å². The second kappa shape index (κ2) is 9.21. The van der Waals surface area contributed by atoms with Crippen molar-refractivity contribution in [2.24, 2.45) is 0 Å². The molecule has 0 amide bonds. The fourth-order valence-corrected chi connectivity index (χ4v) is 1.48. The Morgan fingerprint density at radius 2 is 1.92 bits per heavy atom. The third kappa shape index (κ3) is 7.78. The van der Waals surface area contributed by atoms with Crippen LogP contribution in [0, 0.1) is 0 Å². The van der Waals surface area contributed by atoms with Gasteiger partial charge in [-0.2, -0.15) is 0 Å². The SMILES string of the molecule is CC(C)(C)OC=O.COC(=O)c1cc(O)cc(Oc2cnccn2)c1. The van der Waals surface area contributed by atoms with Gasteiger partial charge in [-0.1, -0.05) is 0 Å². The van der Waals surface area contributed by atoms with Gasteiger partial charge in [-0.05, 0) is 32.9 Å². The Bertz CT molecular complexity index is 698. The number of rotatable bonds is 4. The molecular weight excluding hydrogens is 328 g/mol. The van der Waals surface area contributed by atoms with E-state index in [1.54, 1.807) is 0 Å². The molecule has 0 unspecified atom stereocenters. The molecule has 2 rings (SSSR count). The lowest BCUT2D eigenvalue weighted by Gasteiger charge is -2.14. The van der Waals surface area contributed by atoms with Gasteiger partial charge in [0.15, 0.2) is 0 Å². The number of phenolic OH excluding ortho intramolecular Hbond substituents is 1. The highest BCUT2D eigenvalue weighted by Gasteiger charge is 2.10. The molecule has 8 heteroatoms. The number of carbonyl (C=O) groups excluding carboxylic acids is 2. The fraction of sp³-hybridized carbons (Fsp3) is 0.294. The zero-order valence-corrected chi connectivity index (χ0v) is 14.4. The quantitative estimate of drug-likeness (QED) is 0.664. The highest BCUT2D eigenvalue weighted by molar-refractivity contribution is 5.90. The number of nitrogens with zero attached hydrogens (tertiary/aromatic N) is 2. The van der Waals surface area contributed by atoms with Gasteiger partial charge < -0.3 is 19.3 Å². The van der Waals surface area contributed by atoms with E-state index in [-0.39, 0.29) is 28.5 Å². The molecule has 134 valence electrons. The summed E-state index contributed by atoms with van der Waals surface area (Å²) >= 11 is 0. The molecule has 2 aromatic rings. The third-order valence-electron chi connectivity index (χ3n) is 2.48. The predicted molar refractivity (Wildman–Crippen MR) is 88.5 cm³/mol. The molecular formula is C17H20N2O6. The molecule has 0 fully saturated rings. The Hall–Kier alpha value is -3.16. The van der Waals surface area contributed by atoms with E-state index < -0.39 is 5.97 Å². The van der Waals surface area contributed by atoms with Crippen LogP contribution in [-0.4, -0.2) is 40.2 Å². The normalized spacial score (nSPS) is 10.1. The van der Waals surface area contributed by atoms with Gasteiger partial charge in [0, 0.05) is 18.5 Å². The van der Waals surface area contributed by atoms with E-state index in [9.17, 15) is 14.7 Å². The number of benzene rings is 1. The molecule has 0 atom stereocenters. The maximum atomic E-state index is 11.4. The first kappa shape index (κ1) is 19.9. The van der Waals surface area contributed by atoms with Crippen LogP contribution in [0.1, 0.15) is 31.1 Å². The summed E-state index contributed by atoms with van der Waals surface area (Å²) in [4.78, 5) is 28.7. The smallest absolute Gasteiger partial charge is 0.338 e. The monoisotopic (exact) mass is 348 g/mol. The lowest BCUT2D eigenvalue weighted by molar-refractivity contribution is -0.138. The fourth-order valence-electron chi connectivity index (χ4n) is 1.48. The summed E-state index contributed by atoms with van der Waals surface area (Å²) in [5.74, 6) is -0.124. The molecule has 1 N–H and O–H groups in total. The van der Waals surface area contributed by atoms with Crippen molar-refractivity contribution in [1.82, 2.24) is 9.97 Å². The number of hydrogen-bond acceptors (Lipinski definition) is 8. The van der Waals surface area contributed by atoms with Crippen LogP contribution in [0.4, 0.5) is 0 Å². The molecule has 0 spiro atoms. The number of methoxy groups -OCH3 is 1. The lowest BCUT2D eigenvalue weighted by Crippen LogP contribution is -2.17. The van der Waals surface area contributed by atoms with Crippen molar-refractivity contribution in [2.75, 3.05) is 7.11 Å². The van der Waals surface area contributed by atoms with Crippen LogP contribution in [0.15, 0.2) is 36.8 Å². The zero-order valence-electron chi connectivity index (χ0n) is 14.4. The molecule has 1 heterocycles. The minimum Gasteiger partial charge on any atom is -0.508 e. The molecule has 25 heavy (non-hydrogen) atoms. The molecule has 0 aliphatic rings. The first-order chi connectivity index (χ1) is 11.7. The maximum Gasteiger partial charge on any atom is 0.338 e. The molecule has 0 aliphatic heterocycles. The van der Waals surface area contributed by atoms with Crippen molar-refractivity contribution in [3.05, 3.63) is 42.4 Å². The molecule has 0 bridgehead atoms. The average Bonchev–Trinajstić information content (AvgIpc) is 2.54.